The summed E-state index contributed by atoms with van der Waals surface area (Å²) < 4.78 is 5.32. The Kier molecular flexibility index (Phi) is 3.51. The zero-order valence-electron chi connectivity index (χ0n) is 10.9. The van der Waals surface area contributed by atoms with Crippen LogP contribution in [0.4, 0.5) is 5.69 Å². The summed E-state index contributed by atoms with van der Waals surface area (Å²) >= 11 is 0. The van der Waals surface area contributed by atoms with Gasteiger partial charge >= 0.3 is 0 Å². The maximum Gasteiger partial charge on any atom is 0.181 e. The number of anilines is 1. The maximum absolute atomic E-state index is 6.02. The normalized spacial score (nSPS) is 23.2. The molecule has 1 heterocycles. The van der Waals surface area contributed by atoms with Gasteiger partial charge in [0, 0.05) is 23.3 Å². The molecule has 1 fully saturated rings. The molecule has 0 spiro atoms. The fraction of sp³-hybridized carbons (Fsp3) is 0.400. The van der Waals surface area contributed by atoms with Crippen molar-refractivity contribution < 1.29 is 4.42 Å². The average molecular weight is 257 g/mol. The first-order chi connectivity index (χ1) is 9.31. The monoisotopic (exact) mass is 257 g/mol. The highest BCUT2D eigenvalue weighted by Gasteiger charge is 2.18. The molecule has 1 aromatic carbocycles. The second kappa shape index (κ2) is 5.45. The number of benzene rings is 1. The van der Waals surface area contributed by atoms with Crippen molar-refractivity contribution in [3.63, 3.8) is 0 Å². The molecule has 0 amide bonds. The Morgan fingerprint density at radius 2 is 2.26 bits per heavy atom. The molecule has 2 atom stereocenters. The number of aromatic nitrogens is 1. The van der Waals surface area contributed by atoms with E-state index in [1.807, 2.05) is 12.1 Å². The van der Waals surface area contributed by atoms with Gasteiger partial charge in [0.15, 0.2) is 12.2 Å². The summed E-state index contributed by atoms with van der Waals surface area (Å²) in [5.74, 6) is 0.795. The van der Waals surface area contributed by atoms with Gasteiger partial charge in [0.2, 0.25) is 0 Å². The van der Waals surface area contributed by atoms with Gasteiger partial charge in [-0.1, -0.05) is 12.1 Å². The molecule has 4 heteroatoms. The molecular formula is C15H19N3O. The van der Waals surface area contributed by atoms with Crippen LogP contribution in [0.2, 0.25) is 0 Å². The first-order valence-corrected chi connectivity index (χ1v) is 6.82. The minimum absolute atomic E-state index is 0.337. The van der Waals surface area contributed by atoms with Crippen LogP contribution in [0, 0.1) is 0 Å². The van der Waals surface area contributed by atoms with Gasteiger partial charge in [0.25, 0.3) is 0 Å². The molecule has 1 aliphatic carbocycles. The van der Waals surface area contributed by atoms with E-state index in [0.717, 1.165) is 29.9 Å². The predicted octanol–water partition coefficient (Wildman–Crippen LogP) is 3.02. The summed E-state index contributed by atoms with van der Waals surface area (Å²) in [6.45, 7) is 0. The van der Waals surface area contributed by atoms with Crippen molar-refractivity contribution in [2.75, 3.05) is 5.32 Å². The fourth-order valence-corrected chi connectivity index (χ4v) is 2.71. The fourth-order valence-electron chi connectivity index (χ4n) is 2.71. The topological polar surface area (TPSA) is 64.1 Å². The quantitative estimate of drug-likeness (QED) is 0.887. The number of oxazole rings is 1. The first kappa shape index (κ1) is 12.2. The van der Waals surface area contributed by atoms with E-state index >= 15 is 0 Å². The van der Waals surface area contributed by atoms with Gasteiger partial charge in [-0.05, 0) is 37.8 Å². The summed E-state index contributed by atoms with van der Waals surface area (Å²) in [5, 5.41) is 3.57. The Bertz CT molecular complexity index is 524. The zero-order valence-corrected chi connectivity index (χ0v) is 10.9. The number of nitrogens with two attached hydrogens (primary N) is 1. The van der Waals surface area contributed by atoms with E-state index < -0.39 is 0 Å². The highest BCUT2D eigenvalue weighted by molar-refractivity contribution is 5.63. The lowest BCUT2D eigenvalue weighted by atomic mass is 9.91. The lowest BCUT2D eigenvalue weighted by Gasteiger charge is -2.28. The number of nitrogens with zero attached hydrogens (tertiary/aromatic N) is 1. The number of rotatable bonds is 3. The Morgan fingerprint density at radius 1 is 1.32 bits per heavy atom. The Hall–Kier alpha value is -1.81. The third kappa shape index (κ3) is 2.96. The van der Waals surface area contributed by atoms with Crippen molar-refractivity contribution in [2.45, 2.75) is 37.8 Å². The van der Waals surface area contributed by atoms with Crippen molar-refractivity contribution in [1.82, 2.24) is 4.98 Å². The van der Waals surface area contributed by atoms with Crippen LogP contribution in [0.15, 0.2) is 41.3 Å². The Balaban J connectivity index is 1.73. The summed E-state index contributed by atoms with van der Waals surface area (Å²) in [5.41, 5.74) is 8.19. The molecule has 2 aromatic rings. The van der Waals surface area contributed by atoms with Crippen LogP contribution in [0.1, 0.15) is 25.7 Å². The van der Waals surface area contributed by atoms with E-state index in [0.29, 0.717) is 12.1 Å². The molecule has 1 aromatic heterocycles. The minimum atomic E-state index is 0.337. The lowest BCUT2D eigenvalue weighted by molar-refractivity contribution is 0.409. The summed E-state index contributed by atoms with van der Waals surface area (Å²) in [4.78, 5) is 3.95. The van der Waals surface area contributed by atoms with Gasteiger partial charge in [-0.2, -0.15) is 0 Å². The highest BCUT2D eigenvalue weighted by Crippen LogP contribution is 2.25. The van der Waals surface area contributed by atoms with E-state index in [4.69, 9.17) is 10.2 Å². The second-order valence-electron chi connectivity index (χ2n) is 5.21. The molecule has 100 valence electrons. The number of hydrogen-bond donors (Lipinski definition) is 2. The molecule has 19 heavy (non-hydrogen) atoms. The van der Waals surface area contributed by atoms with E-state index in [2.05, 4.69) is 22.4 Å². The molecule has 1 saturated carbocycles. The number of nitrogens with one attached hydrogen (secondary N) is 1. The Morgan fingerprint density at radius 3 is 3.05 bits per heavy atom. The van der Waals surface area contributed by atoms with Gasteiger partial charge in [0.05, 0.1) is 6.20 Å². The zero-order chi connectivity index (χ0) is 13.1. The van der Waals surface area contributed by atoms with Crippen molar-refractivity contribution >= 4 is 5.69 Å². The van der Waals surface area contributed by atoms with Crippen molar-refractivity contribution in [3.8, 4) is 11.3 Å². The summed E-state index contributed by atoms with van der Waals surface area (Å²) in [6.07, 6.45) is 7.79. The maximum atomic E-state index is 6.02. The molecule has 0 bridgehead atoms. The van der Waals surface area contributed by atoms with Gasteiger partial charge in [-0.3, -0.25) is 0 Å². The van der Waals surface area contributed by atoms with Gasteiger partial charge in [-0.15, -0.1) is 0 Å². The SMILES string of the molecule is NC1CCCC(Nc2cccc(-c3cnco3)c2)C1. The minimum Gasteiger partial charge on any atom is -0.444 e. The second-order valence-corrected chi connectivity index (χ2v) is 5.21. The van der Waals surface area contributed by atoms with Crippen LogP contribution < -0.4 is 11.1 Å². The smallest absolute Gasteiger partial charge is 0.181 e. The van der Waals surface area contributed by atoms with Crippen LogP contribution in [0.3, 0.4) is 0 Å². The molecular weight excluding hydrogens is 238 g/mol. The largest absolute Gasteiger partial charge is 0.444 e. The predicted molar refractivity (Wildman–Crippen MR) is 75.8 cm³/mol. The van der Waals surface area contributed by atoms with E-state index in [1.165, 1.54) is 19.2 Å². The van der Waals surface area contributed by atoms with Gasteiger partial charge in [-0.25, -0.2) is 4.98 Å². The molecule has 1 aliphatic rings. The van der Waals surface area contributed by atoms with Gasteiger partial charge < -0.3 is 15.5 Å². The van der Waals surface area contributed by atoms with Crippen LogP contribution in [0.5, 0.6) is 0 Å². The third-order valence-corrected chi connectivity index (χ3v) is 3.66. The molecule has 0 aliphatic heterocycles. The lowest BCUT2D eigenvalue weighted by Crippen LogP contribution is -2.34. The molecule has 0 saturated heterocycles. The van der Waals surface area contributed by atoms with Crippen LogP contribution in [0.25, 0.3) is 11.3 Å². The van der Waals surface area contributed by atoms with Crippen LogP contribution in [-0.2, 0) is 0 Å². The number of hydrogen-bond acceptors (Lipinski definition) is 4. The van der Waals surface area contributed by atoms with Gasteiger partial charge in [0.1, 0.15) is 0 Å². The Labute approximate surface area is 113 Å². The molecule has 3 rings (SSSR count). The standard InChI is InChI=1S/C15H19N3O/c16-12-4-2-6-14(8-12)18-13-5-1-3-11(7-13)15-9-17-10-19-15/h1,3,5,7,9-10,12,14,18H,2,4,6,8,16H2. The third-order valence-electron chi connectivity index (χ3n) is 3.66. The first-order valence-electron chi connectivity index (χ1n) is 6.82. The molecule has 3 N–H and O–H groups in total. The van der Waals surface area contributed by atoms with E-state index in [1.54, 1.807) is 6.20 Å². The average Bonchev–Trinajstić information content (AvgIpc) is 2.93. The van der Waals surface area contributed by atoms with E-state index in [-0.39, 0.29) is 0 Å². The van der Waals surface area contributed by atoms with Crippen LogP contribution in [-0.4, -0.2) is 17.1 Å². The van der Waals surface area contributed by atoms with Crippen LogP contribution >= 0.6 is 0 Å². The molecule has 0 radical (unpaired) electrons. The van der Waals surface area contributed by atoms with E-state index in [9.17, 15) is 0 Å². The molecule has 4 nitrogen and oxygen atoms in total. The summed E-state index contributed by atoms with van der Waals surface area (Å²) in [7, 11) is 0. The van der Waals surface area contributed by atoms with Crippen molar-refractivity contribution in [3.05, 3.63) is 36.9 Å². The van der Waals surface area contributed by atoms with Crippen molar-refractivity contribution in [2.24, 2.45) is 5.73 Å². The van der Waals surface area contributed by atoms with Crippen molar-refractivity contribution in [1.29, 1.82) is 0 Å². The highest BCUT2D eigenvalue weighted by atomic mass is 16.3. The molecule has 2 unspecified atom stereocenters. The summed E-state index contributed by atoms with van der Waals surface area (Å²) in [6, 6.07) is 9.06.